The molecule has 0 aliphatic rings. The number of nitrogens with one attached hydrogen (secondary N) is 1. The van der Waals surface area contributed by atoms with Crippen LogP contribution in [0.25, 0.3) is 0 Å². The zero-order valence-corrected chi connectivity index (χ0v) is 13.6. The van der Waals surface area contributed by atoms with Gasteiger partial charge in [0.2, 0.25) is 11.8 Å². The highest BCUT2D eigenvalue weighted by atomic mass is 19.1. The molecule has 0 bridgehead atoms. The van der Waals surface area contributed by atoms with Gasteiger partial charge in [-0.05, 0) is 29.8 Å². The lowest BCUT2D eigenvalue weighted by Crippen LogP contribution is -2.31. The number of rotatable bonds is 7. The first-order valence-corrected chi connectivity index (χ1v) is 7.77. The van der Waals surface area contributed by atoms with Crippen LogP contribution in [0.1, 0.15) is 5.56 Å². The van der Waals surface area contributed by atoms with Crippen molar-refractivity contribution in [2.24, 2.45) is 0 Å². The van der Waals surface area contributed by atoms with E-state index in [0.717, 1.165) is 17.7 Å². The summed E-state index contributed by atoms with van der Waals surface area (Å²) in [6.45, 7) is 0.329. The van der Waals surface area contributed by atoms with E-state index in [1.807, 2.05) is 30.3 Å². The van der Waals surface area contributed by atoms with E-state index in [4.69, 9.17) is 5.11 Å². The summed E-state index contributed by atoms with van der Waals surface area (Å²) >= 11 is 0. The molecule has 0 aliphatic heterocycles. The van der Waals surface area contributed by atoms with Crippen LogP contribution in [0.15, 0.2) is 66.7 Å². The van der Waals surface area contributed by atoms with Gasteiger partial charge in [-0.2, -0.15) is 0 Å². The highest BCUT2D eigenvalue weighted by Crippen LogP contribution is 2.08. The Hall–Kier alpha value is -2.99. The number of halogens is 1. The minimum Gasteiger partial charge on any atom is -0.395 e. The standard InChI is InChI=1S/C19H19FN2O3/c20-16-6-8-17(9-7-16)21-18(24)10-11-19(25)22(12-13-23)14-15-4-2-1-3-5-15/h1-11,23H,12-14H2,(H,21,24)/b11-10+. The molecule has 2 aromatic rings. The number of carbonyl (C=O) groups excluding carboxylic acids is 2. The van der Waals surface area contributed by atoms with Crippen molar-refractivity contribution in [1.82, 2.24) is 4.90 Å². The lowest BCUT2D eigenvalue weighted by atomic mass is 10.2. The van der Waals surface area contributed by atoms with Crippen molar-refractivity contribution < 1.29 is 19.1 Å². The van der Waals surface area contributed by atoms with Crippen molar-refractivity contribution >= 4 is 17.5 Å². The number of aliphatic hydroxyl groups is 1. The molecule has 5 nitrogen and oxygen atoms in total. The van der Waals surface area contributed by atoms with Gasteiger partial charge in [-0.15, -0.1) is 0 Å². The second kappa shape index (κ2) is 9.34. The molecular weight excluding hydrogens is 323 g/mol. The summed E-state index contributed by atoms with van der Waals surface area (Å²) in [4.78, 5) is 25.5. The Morgan fingerprint density at radius 2 is 1.72 bits per heavy atom. The molecule has 0 spiro atoms. The van der Waals surface area contributed by atoms with Gasteiger partial charge >= 0.3 is 0 Å². The van der Waals surface area contributed by atoms with Crippen LogP contribution in [0, 0.1) is 5.82 Å². The third kappa shape index (κ3) is 6.19. The molecule has 25 heavy (non-hydrogen) atoms. The lowest BCUT2D eigenvalue weighted by molar-refractivity contribution is -0.127. The second-order valence-corrected chi connectivity index (χ2v) is 5.30. The largest absolute Gasteiger partial charge is 0.395 e. The zero-order chi connectivity index (χ0) is 18.1. The Morgan fingerprint density at radius 3 is 2.36 bits per heavy atom. The Bertz CT molecular complexity index is 730. The minimum absolute atomic E-state index is 0.164. The van der Waals surface area contributed by atoms with Crippen molar-refractivity contribution in [3.05, 3.63) is 78.1 Å². The molecule has 2 aromatic carbocycles. The van der Waals surface area contributed by atoms with Crippen molar-refractivity contribution in [2.45, 2.75) is 6.54 Å². The summed E-state index contributed by atoms with van der Waals surface area (Å²) in [5, 5.41) is 11.7. The number of nitrogens with zero attached hydrogens (tertiary/aromatic N) is 1. The Kier molecular flexibility index (Phi) is 6.86. The highest BCUT2D eigenvalue weighted by Gasteiger charge is 2.11. The molecule has 0 unspecified atom stereocenters. The minimum atomic E-state index is -0.497. The fraction of sp³-hybridized carbons (Fsp3) is 0.158. The van der Waals surface area contributed by atoms with E-state index in [9.17, 15) is 14.0 Å². The number of carbonyl (C=O) groups is 2. The Balaban J connectivity index is 1.95. The van der Waals surface area contributed by atoms with Crippen LogP contribution >= 0.6 is 0 Å². The topological polar surface area (TPSA) is 69.6 Å². The van der Waals surface area contributed by atoms with Crippen LogP contribution in [0.3, 0.4) is 0 Å². The SMILES string of the molecule is O=C(/C=C/C(=O)N(CCO)Cc1ccccc1)Nc1ccc(F)cc1. The van der Waals surface area contributed by atoms with Crippen LogP contribution in [-0.2, 0) is 16.1 Å². The molecule has 0 radical (unpaired) electrons. The summed E-state index contributed by atoms with van der Waals surface area (Å²) in [7, 11) is 0. The average Bonchev–Trinajstić information content (AvgIpc) is 2.62. The van der Waals surface area contributed by atoms with Crippen LogP contribution < -0.4 is 5.32 Å². The molecule has 2 N–H and O–H groups in total. The van der Waals surface area contributed by atoms with Crippen LogP contribution in [0.5, 0.6) is 0 Å². The van der Waals surface area contributed by atoms with Gasteiger partial charge in [0.25, 0.3) is 0 Å². The Morgan fingerprint density at radius 1 is 1.04 bits per heavy atom. The maximum absolute atomic E-state index is 12.8. The first-order valence-electron chi connectivity index (χ1n) is 7.77. The third-order valence-corrected chi connectivity index (χ3v) is 3.39. The molecule has 0 heterocycles. The van der Waals surface area contributed by atoms with E-state index >= 15 is 0 Å². The first-order chi connectivity index (χ1) is 12.1. The Labute approximate surface area is 145 Å². The molecule has 0 fully saturated rings. The molecule has 0 atom stereocenters. The van der Waals surface area contributed by atoms with Crippen molar-refractivity contribution in [2.75, 3.05) is 18.5 Å². The van der Waals surface area contributed by atoms with E-state index in [-0.39, 0.29) is 19.1 Å². The molecule has 2 amide bonds. The second-order valence-electron chi connectivity index (χ2n) is 5.30. The molecule has 0 aromatic heterocycles. The number of hydrogen-bond acceptors (Lipinski definition) is 3. The van der Waals surface area contributed by atoms with Gasteiger partial charge in [0.15, 0.2) is 0 Å². The van der Waals surface area contributed by atoms with Gasteiger partial charge in [-0.25, -0.2) is 4.39 Å². The van der Waals surface area contributed by atoms with E-state index in [1.54, 1.807) is 0 Å². The van der Waals surface area contributed by atoms with Crippen LogP contribution in [0.4, 0.5) is 10.1 Å². The summed E-state index contributed by atoms with van der Waals surface area (Å²) < 4.78 is 12.8. The van der Waals surface area contributed by atoms with E-state index in [0.29, 0.717) is 12.2 Å². The predicted octanol–water partition coefficient (Wildman–Crippen LogP) is 2.34. The zero-order valence-electron chi connectivity index (χ0n) is 13.6. The molecule has 130 valence electrons. The first kappa shape index (κ1) is 18.4. The molecule has 6 heteroatoms. The van der Waals surface area contributed by atoms with Crippen LogP contribution in [-0.4, -0.2) is 35.0 Å². The monoisotopic (exact) mass is 342 g/mol. The van der Waals surface area contributed by atoms with Gasteiger partial charge in [-0.1, -0.05) is 30.3 Å². The molecule has 2 rings (SSSR count). The summed E-state index contributed by atoms with van der Waals surface area (Å²) in [6.07, 6.45) is 2.26. The van der Waals surface area contributed by atoms with E-state index < -0.39 is 11.7 Å². The van der Waals surface area contributed by atoms with Crippen molar-refractivity contribution in [3.63, 3.8) is 0 Å². The fourth-order valence-corrected chi connectivity index (χ4v) is 2.16. The number of anilines is 1. The fourth-order valence-electron chi connectivity index (χ4n) is 2.16. The quantitative estimate of drug-likeness (QED) is 0.759. The summed E-state index contributed by atoms with van der Waals surface area (Å²) in [5.41, 5.74) is 1.36. The average molecular weight is 342 g/mol. The lowest BCUT2D eigenvalue weighted by Gasteiger charge is -2.20. The maximum Gasteiger partial charge on any atom is 0.248 e. The van der Waals surface area contributed by atoms with Gasteiger partial charge in [0, 0.05) is 30.9 Å². The molecule has 0 saturated carbocycles. The highest BCUT2D eigenvalue weighted by molar-refractivity contribution is 6.03. The molecule has 0 saturated heterocycles. The summed E-state index contributed by atoms with van der Waals surface area (Å²) in [5.74, 6) is -1.28. The number of hydrogen-bond donors (Lipinski definition) is 2. The van der Waals surface area contributed by atoms with E-state index in [1.165, 1.54) is 29.2 Å². The van der Waals surface area contributed by atoms with Gasteiger partial charge in [0.05, 0.1) is 6.61 Å². The van der Waals surface area contributed by atoms with Crippen molar-refractivity contribution in [3.8, 4) is 0 Å². The van der Waals surface area contributed by atoms with Gasteiger partial charge < -0.3 is 15.3 Å². The smallest absolute Gasteiger partial charge is 0.248 e. The molecule has 0 aliphatic carbocycles. The van der Waals surface area contributed by atoms with E-state index in [2.05, 4.69) is 5.32 Å². The van der Waals surface area contributed by atoms with Crippen LogP contribution in [0.2, 0.25) is 0 Å². The maximum atomic E-state index is 12.8. The van der Waals surface area contributed by atoms with Gasteiger partial charge in [0.1, 0.15) is 5.82 Å². The number of amides is 2. The number of benzene rings is 2. The van der Waals surface area contributed by atoms with Gasteiger partial charge in [-0.3, -0.25) is 9.59 Å². The third-order valence-electron chi connectivity index (χ3n) is 3.39. The molecular formula is C19H19FN2O3. The predicted molar refractivity (Wildman–Crippen MR) is 93.1 cm³/mol. The number of aliphatic hydroxyl groups excluding tert-OH is 1. The summed E-state index contributed by atoms with van der Waals surface area (Å²) in [6, 6.07) is 14.7. The normalized spacial score (nSPS) is 10.6. The van der Waals surface area contributed by atoms with Crippen molar-refractivity contribution in [1.29, 1.82) is 0 Å².